The normalized spacial score (nSPS) is 11.1. The monoisotopic (exact) mass is 450 g/mol. The first-order valence-corrected chi connectivity index (χ1v) is 10.6. The van der Waals surface area contributed by atoms with Crippen LogP contribution in [-0.4, -0.2) is 23.8 Å². The number of azo groups is 1. The molecule has 1 amide bonds. The Labute approximate surface area is 197 Å². The number of hydrogen-bond acceptors (Lipinski definition) is 6. The molecule has 0 saturated heterocycles. The first-order chi connectivity index (χ1) is 16.7. The van der Waals surface area contributed by atoms with Gasteiger partial charge in [-0.3, -0.25) is 4.79 Å². The maximum atomic E-state index is 12.1. The molecule has 0 spiro atoms. The summed E-state index contributed by atoms with van der Waals surface area (Å²) in [7, 11) is 0. The summed E-state index contributed by atoms with van der Waals surface area (Å²) < 4.78 is 5.52. The molecule has 0 atom stereocenters. The number of rotatable bonds is 8. The van der Waals surface area contributed by atoms with Crippen molar-refractivity contribution in [1.82, 2.24) is 5.43 Å². The van der Waals surface area contributed by atoms with E-state index >= 15 is 0 Å². The van der Waals surface area contributed by atoms with E-state index in [1.165, 1.54) is 12.3 Å². The number of carbonyl (C=O) groups is 1. The smallest absolute Gasteiger partial charge is 0.277 e. The van der Waals surface area contributed by atoms with Crippen LogP contribution in [0.3, 0.4) is 0 Å². The van der Waals surface area contributed by atoms with Crippen LogP contribution in [0, 0.1) is 0 Å². The molecule has 0 aliphatic heterocycles. The molecule has 0 aliphatic carbocycles. The second-order valence-electron chi connectivity index (χ2n) is 7.25. The predicted molar refractivity (Wildman–Crippen MR) is 132 cm³/mol. The van der Waals surface area contributed by atoms with Crippen LogP contribution in [0.4, 0.5) is 11.4 Å². The van der Waals surface area contributed by atoms with E-state index in [4.69, 9.17) is 4.74 Å². The quantitative estimate of drug-likeness (QED) is 0.196. The number of nitrogens with one attached hydrogen (secondary N) is 1. The third-order valence-corrected chi connectivity index (χ3v) is 4.77. The fourth-order valence-electron chi connectivity index (χ4n) is 3.05. The third-order valence-electron chi connectivity index (χ3n) is 4.77. The van der Waals surface area contributed by atoms with Gasteiger partial charge in [0.1, 0.15) is 11.5 Å². The lowest BCUT2D eigenvalue weighted by molar-refractivity contribution is -0.123. The zero-order valence-electron chi connectivity index (χ0n) is 18.2. The molecule has 0 radical (unpaired) electrons. The Bertz CT molecular complexity index is 1290. The molecule has 34 heavy (non-hydrogen) atoms. The second kappa shape index (κ2) is 11.2. The number of ether oxygens (including phenoxy) is 1. The van der Waals surface area contributed by atoms with Crippen molar-refractivity contribution in [1.29, 1.82) is 0 Å². The van der Waals surface area contributed by atoms with Crippen LogP contribution < -0.4 is 10.2 Å². The molecule has 2 N–H and O–H groups in total. The van der Waals surface area contributed by atoms with Crippen LogP contribution in [0.1, 0.15) is 5.56 Å². The first-order valence-electron chi connectivity index (χ1n) is 10.6. The Morgan fingerprint density at radius 3 is 2.18 bits per heavy atom. The molecule has 0 heterocycles. The number of aromatic hydroxyl groups is 1. The molecule has 0 unspecified atom stereocenters. The Balaban J connectivity index is 1.29. The molecule has 0 saturated carbocycles. The van der Waals surface area contributed by atoms with Gasteiger partial charge in [-0.2, -0.15) is 15.3 Å². The molecule has 4 rings (SSSR count). The SMILES string of the molecule is O=C(COc1ccc(-c2ccccc2)cc1)N/N=C/c1cc(N=Nc2ccccc2)ccc1O. The van der Waals surface area contributed by atoms with Gasteiger partial charge >= 0.3 is 0 Å². The van der Waals surface area contributed by atoms with E-state index < -0.39 is 5.91 Å². The summed E-state index contributed by atoms with van der Waals surface area (Å²) in [4.78, 5) is 12.1. The van der Waals surface area contributed by atoms with Crippen molar-refractivity contribution in [3.8, 4) is 22.6 Å². The second-order valence-corrected chi connectivity index (χ2v) is 7.25. The average Bonchev–Trinajstić information content (AvgIpc) is 2.89. The highest BCUT2D eigenvalue weighted by Gasteiger charge is 2.04. The number of hydrazone groups is 1. The summed E-state index contributed by atoms with van der Waals surface area (Å²) in [6.45, 7) is -0.195. The highest BCUT2D eigenvalue weighted by atomic mass is 16.5. The molecule has 4 aromatic rings. The van der Waals surface area contributed by atoms with Gasteiger partial charge < -0.3 is 9.84 Å². The molecule has 0 bridgehead atoms. The Morgan fingerprint density at radius 1 is 0.794 bits per heavy atom. The van der Waals surface area contributed by atoms with Crippen LogP contribution >= 0.6 is 0 Å². The third kappa shape index (κ3) is 6.37. The summed E-state index contributed by atoms with van der Waals surface area (Å²) in [5.74, 6) is 0.155. The molecule has 7 heteroatoms. The van der Waals surface area contributed by atoms with E-state index in [1.54, 1.807) is 12.1 Å². The zero-order chi connectivity index (χ0) is 23.6. The summed E-state index contributed by atoms with van der Waals surface area (Å²) >= 11 is 0. The van der Waals surface area contributed by atoms with Crippen molar-refractivity contribution < 1.29 is 14.6 Å². The van der Waals surface area contributed by atoms with Crippen molar-refractivity contribution in [3.05, 3.63) is 109 Å². The zero-order valence-corrected chi connectivity index (χ0v) is 18.2. The lowest BCUT2D eigenvalue weighted by Gasteiger charge is -2.07. The van der Waals surface area contributed by atoms with E-state index in [9.17, 15) is 9.90 Å². The van der Waals surface area contributed by atoms with Crippen molar-refractivity contribution in [2.45, 2.75) is 0 Å². The Hall–Kier alpha value is -4.78. The summed E-state index contributed by atoms with van der Waals surface area (Å²) in [5, 5.41) is 22.2. The van der Waals surface area contributed by atoms with Crippen LogP contribution in [0.15, 0.2) is 118 Å². The minimum absolute atomic E-state index is 0.00594. The fraction of sp³-hybridized carbons (Fsp3) is 0.0370. The predicted octanol–water partition coefficient (Wildman–Crippen LogP) is 6.00. The van der Waals surface area contributed by atoms with E-state index in [-0.39, 0.29) is 12.4 Å². The molecule has 168 valence electrons. The van der Waals surface area contributed by atoms with Gasteiger partial charge in [-0.05, 0) is 53.6 Å². The maximum Gasteiger partial charge on any atom is 0.277 e. The van der Waals surface area contributed by atoms with Gasteiger partial charge in [0, 0.05) is 5.56 Å². The highest BCUT2D eigenvalue weighted by molar-refractivity contribution is 5.86. The van der Waals surface area contributed by atoms with Crippen LogP contribution in [0.25, 0.3) is 11.1 Å². The van der Waals surface area contributed by atoms with E-state index in [2.05, 4.69) is 20.8 Å². The van der Waals surface area contributed by atoms with Crippen molar-refractivity contribution >= 4 is 23.5 Å². The van der Waals surface area contributed by atoms with Gasteiger partial charge in [0.2, 0.25) is 0 Å². The Kier molecular flexibility index (Phi) is 7.38. The van der Waals surface area contributed by atoms with Gasteiger partial charge in [-0.15, -0.1) is 0 Å². The minimum Gasteiger partial charge on any atom is -0.507 e. The van der Waals surface area contributed by atoms with Gasteiger partial charge in [-0.25, -0.2) is 5.43 Å². The molecule has 0 fully saturated rings. The maximum absolute atomic E-state index is 12.1. The summed E-state index contributed by atoms with van der Waals surface area (Å²) in [5.41, 5.74) is 6.20. The number of carbonyl (C=O) groups excluding carboxylic acids is 1. The molecule has 7 nitrogen and oxygen atoms in total. The van der Waals surface area contributed by atoms with Gasteiger partial charge in [0.05, 0.1) is 17.6 Å². The molecule has 0 aromatic heterocycles. The van der Waals surface area contributed by atoms with Gasteiger partial charge in [-0.1, -0.05) is 60.7 Å². The van der Waals surface area contributed by atoms with E-state index in [0.29, 0.717) is 22.7 Å². The number of amides is 1. The van der Waals surface area contributed by atoms with Crippen molar-refractivity contribution in [2.75, 3.05) is 6.61 Å². The lowest BCUT2D eigenvalue weighted by Crippen LogP contribution is -2.24. The van der Waals surface area contributed by atoms with Crippen LogP contribution in [0.2, 0.25) is 0 Å². The van der Waals surface area contributed by atoms with Crippen LogP contribution in [0.5, 0.6) is 11.5 Å². The highest BCUT2D eigenvalue weighted by Crippen LogP contribution is 2.24. The molecule has 0 aliphatic rings. The average molecular weight is 450 g/mol. The number of benzene rings is 4. The van der Waals surface area contributed by atoms with Crippen molar-refractivity contribution in [3.63, 3.8) is 0 Å². The van der Waals surface area contributed by atoms with E-state index in [0.717, 1.165) is 11.1 Å². The van der Waals surface area contributed by atoms with Crippen LogP contribution in [-0.2, 0) is 4.79 Å². The van der Waals surface area contributed by atoms with Crippen molar-refractivity contribution in [2.24, 2.45) is 15.3 Å². The molecule has 4 aromatic carbocycles. The fourth-order valence-corrected chi connectivity index (χ4v) is 3.05. The molecular formula is C27H22N4O3. The number of nitrogens with zero attached hydrogens (tertiary/aromatic N) is 3. The standard InChI is InChI=1S/C27H22N4O3/c32-26-16-13-24(30-29-23-9-5-2-6-10-23)17-22(26)18-28-31-27(33)19-34-25-14-11-21(12-15-25)20-7-3-1-4-8-20/h1-18,32H,19H2,(H,31,33)/b28-18+,30-29?. The van der Waals surface area contributed by atoms with E-state index in [1.807, 2.05) is 84.9 Å². The number of hydrogen-bond donors (Lipinski definition) is 2. The number of phenolic OH excluding ortho intramolecular Hbond substituents is 1. The number of phenols is 1. The first kappa shape index (κ1) is 22.4. The van der Waals surface area contributed by atoms with Gasteiger partial charge in [0.15, 0.2) is 6.61 Å². The molecular weight excluding hydrogens is 428 g/mol. The minimum atomic E-state index is -0.428. The largest absolute Gasteiger partial charge is 0.507 e. The summed E-state index contributed by atoms with van der Waals surface area (Å²) in [6.07, 6.45) is 1.34. The Morgan fingerprint density at radius 2 is 1.44 bits per heavy atom. The van der Waals surface area contributed by atoms with Gasteiger partial charge in [0.25, 0.3) is 5.91 Å². The lowest BCUT2D eigenvalue weighted by atomic mass is 10.1. The summed E-state index contributed by atoms with van der Waals surface area (Å²) in [6, 6.07) is 31.5. The topological polar surface area (TPSA) is 95.6 Å².